The van der Waals surface area contributed by atoms with Crippen molar-refractivity contribution >= 4 is 33.9 Å². The van der Waals surface area contributed by atoms with E-state index in [0.717, 1.165) is 42.8 Å². The monoisotopic (exact) mass is 348 g/mol. The van der Waals surface area contributed by atoms with Crippen LogP contribution in [0, 0.1) is 0 Å². The Labute approximate surface area is 153 Å². The summed E-state index contributed by atoms with van der Waals surface area (Å²) in [4.78, 5) is 19.8. The lowest BCUT2D eigenvalue weighted by Crippen LogP contribution is -2.46. The number of aromatic nitrogens is 1. The first-order valence-corrected chi connectivity index (χ1v) is 9.20. The number of fused-ring (bicyclic) bond motifs is 1. The molecule has 5 nitrogen and oxygen atoms in total. The molecule has 2 aromatic carbocycles. The minimum absolute atomic E-state index is 0.0350. The highest BCUT2D eigenvalue weighted by atomic mass is 16.1. The molecule has 0 radical (unpaired) electrons. The van der Waals surface area contributed by atoms with E-state index >= 15 is 0 Å². The Balaban J connectivity index is 1.50. The Hall–Kier alpha value is -2.95. The average molecular weight is 348 g/mol. The Morgan fingerprint density at radius 3 is 2.38 bits per heavy atom. The zero-order valence-electron chi connectivity index (χ0n) is 15.0. The standard InChI is InChI=1S/C21H24N4O/c1-2-21(26)23-20-15-22-19-9-8-17(14-18(19)20)25-12-10-24(11-13-25)16-6-4-3-5-7-16/h3-9,14-15,22H,2,10-13H2,1H3,(H,23,26). The molecule has 1 aliphatic heterocycles. The maximum absolute atomic E-state index is 11.7. The second kappa shape index (κ2) is 7.12. The third-order valence-corrected chi connectivity index (χ3v) is 5.03. The molecule has 1 fully saturated rings. The second-order valence-corrected chi connectivity index (χ2v) is 6.64. The third kappa shape index (κ3) is 3.25. The highest BCUT2D eigenvalue weighted by Gasteiger charge is 2.18. The van der Waals surface area contributed by atoms with Crippen molar-refractivity contribution in [1.82, 2.24) is 4.98 Å². The van der Waals surface area contributed by atoms with Crippen LogP contribution in [0.4, 0.5) is 17.1 Å². The summed E-state index contributed by atoms with van der Waals surface area (Å²) in [5.41, 5.74) is 4.40. The molecular weight excluding hydrogens is 324 g/mol. The maximum atomic E-state index is 11.7. The largest absolute Gasteiger partial charge is 0.368 e. The number of aromatic amines is 1. The molecule has 4 rings (SSSR count). The van der Waals surface area contributed by atoms with Crippen molar-refractivity contribution in [2.24, 2.45) is 0 Å². The molecule has 5 heteroatoms. The lowest BCUT2D eigenvalue weighted by Gasteiger charge is -2.37. The lowest BCUT2D eigenvalue weighted by molar-refractivity contribution is -0.115. The van der Waals surface area contributed by atoms with Gasteiger partial charge < -0.3 is 20.1 Å². The minimum atomic E-state index is 0.0350. The molecule has 1 aliphatic rings. The average Bonchev–Trinajstić information content (AvgIpc) is 3.10. The molecule has 0 unspecified atom stereocenters. The summed E-state index contributed by atoms with van der Waals surface area (Å²) in [6.45, 7) is 5.86. The fourth-order valence-electron chi connectivity index (χ4n) is 3.51. The van der Waals surface area contributed by atoms with Crippen molar-refractivity contribution in [2.45, 2.75) is 13.3 Å². The predicted molar refractivity (Wildman–Crippen MR) is 108 cm³/mol. The van der Waals surface area contributed by atoms with Crippen LogP contribution in [-0.2, 0) is 4.79 Å². The van der Waals surface area contributed by atoms with Gasteiger partial charge in [0.15, 0.2) is 0 Å². The fraction of sp³-hybridized carbons (Fsp3) is 0.286. The van der Waals surface area contributed by atoms with Crippen LogP contribution in [-0.4, -0.2) is 37.1 Å². The molecule has 3 aromatic rings. The quantitative estimate of drug-likeness (QED) is 0.753. The van der Waals surface area contributed by atoms with Gasteiger partial charge in [0, 0.05) is 61.1 Å². The van der Waals surface area contributed by atoms with Gasteiger partial charge in [-0.2, -0.15) is 0 Å². The molecule has 0 spiro atoms. The predicted octanol–water partition coefficient (Wildman–Crippen LogP) is 3.84. The van der Waals surface area contributed by atoms with E-state index in [-0.39, 0.29) is 5.91 Å². The SMILES string of the molecule is CCC(=O)Nc1c[nH]c2ccc(N3CCN(c4ccccc4)CC3)cc12. The van der Waals surface area contributed by atoms with Crippen molar-refractivity contribution in [3.8, 4) is 0 Å². The summed E-state index contributed by atoms with van der Waals surface area (Å²) in [6.07, 6.45) is 2.35. The van der Waals surface area contributed by atoms with Gasteiger partial charge in [-0.15, -0.1) is 0 Å². The number of piperazine rings is 1. The van der Waals surface area contributed by atoms with Crippen LogP contribution in [0.2, 0.25) is 0 Å². The van der Waals surface area contributed by atoms with Crippen molar-refractivity contribution in [1.29, 1.82) is 0 Å². The molecule has 2 N–H and O–H groups in total. The zero-order valence-corrected chi connectivity index (χ0v) is 15.0. The number of hydrogen-bond donors (Lipinski definition) is 2. The fourth-order valence-corrected chi connectivity index (χ4v) is 3.51. The maximum Gasteiger partial charge on any atom is 0.224 e. The van der Waals surface area contributed by atoms with Gasteiger partial charge in [0.25, 0.3) is 0 Å². The van der Waals surface area contributed by atoms with Crippen LogP contribution in [0.1, 0.15) is 13.3 Å². The number of nitrogens with zero attached hydrogens (tertiary/aromatic N) is 2. The Kier molecular flexibility index (Phi) is 4.52. The first-order valence-electron chi connectivity index (χ1n) is 9.20. The number of H-pyrrole nitrogens is 1. The van der Waals surface area contributed by atoms with E-state index in [9.17, 15) is 4.79 Å². The van der Waals surface area contributed by atoms with Crippen LogP contribution in [0.5, 0.6) is 0 Å². The molecule has 2 heterocycles. The van der Waals surface area contributed by atoms with E-state index in [1.807, 2.05) is 13.1 Å². The van der Waals surface area contributed by atoms with E-state index in [4.69, 9.17) is 0 Å². The first-order chi connectivity index (χ1) is 12.7. The number of rotatable bonds is 4. The molecule has 1 aromatic heterocycles. The van der Waals surface area contributed by atoms with Crippen LogP contribution in [0.15, 0.2) is 54.7 Å². The van der Waals surface area contributed by atoms with E-state index in [1.165, 1.54) is 11.4 Å². The Bertz CT molecular complexity index is 895. The number of para-hydroxylation sites is 1. The van der Waals surface area contributed by atoms with Gasteiger partial charge in [-0.25, -0.2) is 0 Å². The number of amides is 1. The van der Waals surface area contributed by atoms with Gasteiger partial charge in [-0.05, 0) is 30.3 Å². The molecule has 0 aliphatic carbocycles. The van der Waals surface area contributed by atoms with Gasteiger partial charge in [-0.3, -0.25) is 4.79 Å². The summed E-state index contributed by atoms with van der Waals surface area (Å²) in [6, 6.07) is 17.0. The molecule has 1 amide bonds. The smallest absolute Gasteiger partial charge is 0.224 e. The first kappa shape index (κ1) is 16.5. The summed E-state index contributed by atoms with van der Waals surface area (Å²) in [5.74, 6) is 0.0350. The van der Waals surface area contributed by atoms with Gasteiger partial charge >= 0.3 is 0 Å². The molecule has 0 atom stereocenters. The molecule has 0 bridgehead atoms. The number of carbonyl (C=O) groups is 1. The number of anilines is 3. The summed E-state index contributed by atoms with van der Waals surface area (Å²) < 4.78 is 0. The number of hydrogen-bond acceptors (Lipinski definition) is 3. The number of carbonyl (C=O) groups excluding carboxylic acids is 1. The van der Waals surface area contributed by atoms with E-state index in [1.54, 1.807) is 0 Å². The molecular formula is C21H24N4O. The van der Waals surface area contributed by atoms with Gasteiger partial charge in [0.05, 0.1) is 5.69 Å². The van der Waals surface area contributed by atoms with Crippen LogP contribution in [0.25, 0.3) is 10.9 Å². The van der Waals surface area contributed by atoms with Crippen molar-refractivity contribution in [3.05, 3.63) is 54.7 Å². The van der Waals surface area contributed by atoms with Crippen molar-refractivity contribution < 1.29 is 4.79 Å². The topological polar surface area (TPSA) is 51.4 Å². The molecule has 134 valence electrons. The van der Waals surface area contributed by atoms with Crippen molar-refractivity contribution in [3.63, 3.8) is 0 Å². The van der Waals surface area contributed by atoms with Crippen LogP contribution in [0.3, 0.4) is 0 Å². The van der Waals surface area contributed by atoms with E-state index in [0.29, 0.717) is 6.42 Å². The van der Waals surface area contributed by atoms with Crippen molar-refractivity contribution in [2.75, 3.05) is 41.3 Å². The molecule has 0 saturated carbocycles. The molecule has 26 heavy (non-hydrogen) atoms. The highest BCUT2D eigenvalue weighted by Crippen LogP contribution is 2.29. The van der Waals surface area contributed by atoms with Crippen LogP contribution < -0.4 is 15.1 Å². The minimum Gasteiger partial charge on any atom is -0.368 e. The second-order valence-electron chi connectivity index (χ2n) is 6.64. The lowest BCUT2D eigenvalue weighted by atomic mass is 10.1. The number of benzene rings is 2. The van der Waals surface area contributed by atoms with Gasteiger partial charge in [0.2, 0.25) is 5.91 Å². The Morgan fingerprint density at radius 2 is 1.69 bits per heavy atom. The van der Waals surface area contributed by atoms with E-state index in [2.05, 4.69) is 68.6 Å². The zero-order chi connectivity index (χ0) is 17.9. The normalized spacial score (nSPS) is 14.7. The van der Waals surface area contributed by atoms with E-state index < -0.39 is 0 Å². The molecule has 1 saturated heterocycles. The third-order valence-electron chi connectivity index (χ3n) is 5.03. The number of nitrogens with one attached hydrogen (secondary N) is 2. The van der Waals surface area contributed by atoms with Crippen LogP contribution >= 0.6 is 0 Å². The Morgan fingerprint density at radius 1 is 1.00 bits per heavy atom. The summed E-state index contributed by atoms with van der Waals surface area (Å²) in [7, 11) is 0. The highest BCUT2D eigenvalue weighted by molar-refractivity contribution is 6.02. The summed E-state index contributed by atoms with van der Waals surface area (Å²) >= 11 is 0. The van der Waals surface area contributed by atoms with Gasteiger partial charge in [-0.1, -0.05) is 25.1 Å². The van der Waals surface area contributed by atoms with Gasteiger partial charge in [0.1, 0.15) is 0 Å². The summed E-state index contributed by atoms with van der Waals surface area (Å²) in [5, 5.41) is 4.04.